The summed E-state index contributed by atoms with van der Waals surface area (Å²) in [6.07, 6.45) is 3.05. The maximum Gasteiger partial charge on any atom is 0.337 e. The molecule has 0 spiro atoms. The molecule has 0 saturated carbocycles. The molecule has 0 unspecified atom stereocenters. The largest absolute Gasteiger partial charge is 0.478 e. The first kappa shape index (κ1) is 11.8. The number of carboxylic acids is 1. The molecule has 0 fully saturated rings. The zero-order chi connectivity index (χ0) is 13.1. The molecule has 6 nitrogen and oxygen atoms in total. The molecular weight excluding hydrogens is 234 g/mol. The van der Waals surface area contributed by atoms with Crippen LogP contribution in [-0.4, -0.2) is 26.5 Å². The van der Waals surface area contributed by atoms with Crippen LogP contribution in [0.15, 0.2) is 36.8 Å². The first-order valence-corrected chi connectivity index (χ1v) is 5.19. The van der Waals surface area contributed by atoms with E-state index in [1.165, 1.54) is 18.5 Å². The van der Waals surface area contributed by atoms with Crippen LogP contribution in [0.3, 0.4) is 0 Å². The summed E-state index contributed by atoms with van der Waals surface area (Å²) < 4.78 is 1.64. The van der Waals surface area contributed by atoms with Crippen LogP contribution < -0.4 is 5.32 Å². The molecule has 2 N–H and O–H groups in total. The molecule has 6 heteroatoms. The number of imidazole rings is 1. The van der Waals surface area contributed by atoms with Gasteiger partial charge in [0, 0.05) is 13.2 Å². The molecular formula is C12H11N3O3. The molecule has 18 heavy (non-hydrogen) atoms. The first-order chi connectivity index (χ1) is 8.58. The fourth-order valence-corrected chi connectivity index (χ4v) is 1.50. The van der Waals surface area contributed by atoms with Gasteiger partial charge in [-0.15, -0.1) is 0 Å². The van der Waals surface area contributed by atoms with E-state index in [-0.39, 0.29) is 16.9 Å². The fourth-order valence-electron chi connectivity index (χ4n) is 1.50. The third kappa shape index (κ3) is 2.37. The van der Waals surface area contributed by atoms with Crippen molar-refractivity contribution in [3.05, 3.63) is 48.0 Å². The Morgan fingerprint density at radius 3 is 2.67 bits per heavy atom. The summed E-state index contributed by atoms with van der Waals surface area (Å²) in [5, 5.41) is 11.5. The number of para-hydroxylation sites is 1. The van der Waals surface area contributed by atoms with Crippen LogP contribution in [0.25, 0.3) is 0 Å². The second kappa shape index (κ2) is 4.70. The Morgan fingerprint density at radius 2 is 2.06 bits per heavy atom. The van der Waals surface area contributed by atoms with Gasteiger partial charge >= 0.3 is 5.97 Å². The lowest BCUT2D eigenvalue weighted by atomic mass is 10.2. The fraction of sp³-hybridized carbons (Fsp3) is 0.0833. The van der Waals surface area contributed by atoms with Gasteiger partial charge in [0.25, 0.3) is 5.91 Å². The van der Waals surface area contributed by atoms with E-state index in [1.54, 1.807) is 29.9 Å². The molecule has 0 aliphatic carbocycles. The van der Waals surface area contributed by atoms with Crippen molar-refractivity contribution in [2.24, 2.45) is 7.05 Å². The highest BCUT2D eigenvalue weighted by molar-refractivity contribution is 6.06. The Balaban J connectivity index is 2.24. The minimum Gasteiger partial charge on any atom is -0.478 e. The van der Waals surface area contributed by atoms with Gasteiger partial charge in [-0.05, 0) is 12.1 Å². The monoisotopic (exact) mass is 245 g/mol. The Bertz CT molecular complexity index is 604. The molecule has 0 saturated heterocycles. The SMILES string of the molecule is Cn1cnc(C(=O)Nc2ccccc2C(=O)O)c1. The highest BCUT2D eigenvalue weighted by atomic mass is 16.4. The van der Waals surface area contributed by atoms with E-state index in [4.69, 9.17) is 5.11 Å². The second-order valence-corrected chi connectivity index (χ2v) is 3.73. The van der Waals surface area contributed by atoms with E-state index in [0.717, 1.165) is 0 Å². The van der Waals surface area contributed by atoms with Gasteiger partial charge in [0.15, 0.2) is 0 Å². The molecule has 2 rings (SSSR count). The average Bonchev–Trinajstić information content (AvgIpc) is 2.76. The summed E-state index contributed by atoms with van der Waals surface area (Å²) in [6.45, 7) is 0. The van der Waals surface area contributed by atoms with Crippen molar-refractivity contribution < 1.29 is 14.7 Å². The number of aromatic nitrogens is 2. The number of hydrogen-bond donors (Lipinski definition) is 2. The predicted molar refractivity (Wildman–Crippen MR) is 64.6 cm³/mol. The number of nitrogens with zero attached hydrogens (tertiary/aromatic N) is 2. The summed E-state index contributed by atoms with van der Waals surface area (Å²) in [5.74, 6) is -1.53. The Kier molecular flexibility index (Phi) is 3.09. The van der Waals surface area contributed by atoms with Gasteiger partial charge < -0.3 is 15.0 Å². The van der Waals surface area contributed by atoms with Crippen molar-refractivity contribution in [3.63, 3.8) is 0 Å². The van der Waals surface area contributed by atoms with Crippen molar-refractivity contribution in [1.82, 2.24) is 9.55 Å². The summed E-state index contributed by atoms with van der Waals surface area (Å²) in [5.41, 5.74) is 0.528. The van der Waals surface area contributed by atoms with E-state index in [2.05, 4.69) is 10.3 Å². The molecule has 1 amide bonds. The standard InChI is InChI=1S/C12H11N3O3/c1-15-6-10(13-7-15)11(16)14-9-5-3-2-4-8(9)12(17)18/h2-7H,1H3,(H,14,16)(H,17,18). The molecule has 0 bridgehead atoms. The molecule has 0 atom stereocenters. The average molecular weight is 245 g/mol. The number of carboxylic acid groups (broad SMARTS) is 1. The number of benzene rings is 1. The van der Waals surface area contributed by atoms with E-state index >= 15 is 0 Å². The Labute approximate surface area is 103 Å². The van der Waals surface area contributed by atoms with E-state index in [0.29, 0.717) is 0 Å². The van der Waals surface area contributed by atoms with Crippen LogP contribution in [0.5, 0.6) is 0 Å². The third-order valence-corrected chi connectivity index (χ3v) is 2.34. The number of aryl methyl sites for hydroxylation is 1. The van der Waals surface area contributed by atoms with Gasteiger partial charge in [-0.3, -0.25) is 4.79 Å². The zero-order valence-electron chi connectivity index (χ0n) is 9.62. The van der Waals surface area contributed by atoms with E-state index in [9.17, 15) is 9.59 Å². The molecule has 0 aliphatic heterocycles. The van der Waals surface area contributed by atoms with Gasteiger partial charge in [0.2, 0.25) is 0 Å². The number of rotatable bonds is 3. The van der Waals surface area contributed by atoms with Crippen LogP contribution in [0, 0.1) is 0 Å². The second-order valence-electron chi connectivity index (χ2n) is 3.73. The van der Waals surface area contributed by atoms with Crippen LogP contribution >= 0.6 is 0 Å². The molecule has 92 valence electrons. The predicted octanol–water partition coefficient (Wildman–Crippen LogP) is 1.37. The molecule has 1 heterocycles. The van der Waals surface area contributed by atoms with Gasteiger partial charge in [0.05, 0.1) is 17.6 Å². The molecule has 0 radical (unpaired) electrons. The number of anilines is 1. The number of aromatic carboxylic acids is 1. The number of nitrogens with one attached hydrogen (secondary N) is 1. The van der Waals surface area contributed by atoms with E-state index in [1.807, 2.05) is 0 Å². The van der Waals surface area contributed by atoms with Crippen LogP contribution in [0.4, 0.5) is 5.69 Å². The van der Waals surface area contributed by atoms with Crippen molar-refractivity contribution in [2.45, 2.75) is 0 Å². The molecule has 1 aromatic carbocycles. The molecule has 1 aromatic heterocycles. The van der Waals surface area contributed by atoms with Crippen LogP contribution in [-0.2, 0) is 7.05 Å². The lowest BCUT2D eigenvalue weighted by Gasteiger charge is -2.06. The van der Waals surface area contributed by atoms with Crippen LogP contribution in [0.1, 0.15) is 20.8 Å². The quantitative estimate of drug-likeness (QED) is 0.855. The topological polar surface area (TPSA) is 84.2 Å². The summed E-state index contributed by atoms with van der Waals surface area (Å²) in [4.78, 5) is 26.7. The smallest absolute Gasteiger partial charge is 0.337 e. The highest BCUT2D eigenvalue weighted by Crippen LogP contribution is 2.15. The number of carbonyl (C=O) groups excluding carboxylic acids is 1. The van der Waals surface area contributed by atoms with Crippen molar-refractivity contribution in [1.29, 1.82) is 0 Å². The third-order valence-electron chi connectivity index (χ3n) is 2.34. The normalized spacial score (nSPS) is 10.1. The summed E-state index contributed by atoms with van der Waals surface area (Å²) in [6, 6.07) is 6.21. The van der Waals surface area contributed by atoms with E-state index < -0.39 is 11.9 Å². The molecule has 2 aromatic rings. The summed E-state index contributed by atoms with van der Waals surface area (Å²) >= 11 is 0. The number of hydrogen-bond acceptors (Lipinski definition) is 3. The number of amides is 1. The molecule has 0 aliphatic rings. The summed E-state index contributed by atoms with van der Waals surface area (Å²) in [7, 11) is 1.75. The number of carbonyl (C=O) groups is 2. The Morgan fingerprint density at radius 1 is 1.33 bits per heavy atom. The maximum absolute atomic E-state index is 11.8. The minimum atomic E-state index is -1.09. The lowest BCUT2D eigenvalue weighted by molar-refractivity contribution is 0.0698. The highest BCUT2D eigenvalue weighted by Gasteiger charge is 2.14. The zero-order valence-corrected chi connectivity index (χ0v) is 9.62. The maximum atomic E-state index is 11.8. The van der Waals surface area contributed by atoms with Gasteiger partial charge in [-0.1, -0.05) is 12.1 Å². The lowest BCUT2D eigenvalue weighted by Crippen LogP contribution is -2.15. The first-order valence-electron chi connectivity index (χ1n) is 5.19. The van der Waals surface area contributed by atoms with Crippen LogP contribution in [0.2, 0.25) is 0 Å². The van der Waals surface area contributed by atoms with Gasteiger partial charge in [-0.2, -0.15) is 0 Å². The van der Waals surface area contributed by atoms with Gasteiger partial charge in [-0.25, -0.2) is 9.78 Å². The minimum absolute atomic E-state index is 0.0433. The van der Waals surface area contributed by atoms with Gasteiger partial charge in [0.1, 0.15) is 5.69 Å². The van der Waals surface area contributed by atoms with Crippen molar-refractivity contribution in [2.75, 3.05) is 5.32 Å². The van der Waals surface area contributed by atoms with Crippen molar-refractivity contribution >= 4 is 17.6 Å². The Hall–Kier alpha value is -2.63. The van der Waals surface area contributed by atoms with Crippen molar-refractivity contribution in [3.8, 4) is 0 Å².